The molecule has 2 amide bonds. The summed E-state index contributed by atoms with van der Waals surface area (Å²) in [7, 11) is 0. The van der Waals surface area contributed by atoms with Crippen LogP contribution >= 0.6 is 11.3 Å². The van der Waals surface area contributed by atoms with Gasteiger partial charge in [0.25, 0.3) is 0 Å². The summed E-state index contributed by atoms with van der Waals surface area (Å²) in [5.74, 6) is -0.0849. The van der Waals surface area contributed by atoms with Crippen molar-refractivity contribution >= 4 is 40.4 Å². The zero-order chi connectivity index (χ0) is 24.6. The van der Waals surface area contributed by atoms with Crippen molar-refractivity contribution in [2.75, 3.05) is 11.4 Å². The second-order valence-electron chi connectivity index (χ2n) is 11.5. The molecule has 1 aliphatic heterocycles. The molecule has 2 heterocycles. The molecule has 0 aromatic carbocycles. The van der Waals surface area contributed by atoms with E-state index in [1.807, 2.05) is 11.0 Å². The van der Waals surface area contributed by atoms with Gasteiger partial charge in [-0.15, -0.1) is 11.3 Å². The fourth-order valence-electron chi connectivity index (χ4n) is 6.71. The summed E-state index contributed by atoms with van der Waals surface area (Å²) in [5, 5.41) is 13.2. The molecule has 0 atom stereocenters. The van der Waals surface area contributed by atoms with Crippen molar-refractivity contribution in [2.45, 2.75) is 96.4 Å². The molecule has 6 nitrogen and oxygen atoms in total. The first-order valence-corrected chi connectivity index (χ1v) is 14.3. The van der Waals surface area contributed by atoms with E-state index in [-0.39, 0.29) is 29.2 Å². The monoisotopic (exact) mass is 498 g/mol. The van der Waals surface area contributed by atoms with Crippen LogP contribution in [0.1, 0.15) is 105 Å². The Morgan fingerprint density at radius 2 is 1.86 bits per heavy atom. The first-order valence-electron chi connectivity index (χ1n) is 13.5. The van der Waals surface area contributed by atoms with Crippen LogP contribution in [-0.4, -0.2) is 35.5 Å². The second kappa shape index (κ2) is 10.1. The molecule has 2 N–H and O–H groups in total. The molecule has 5 rings (SSSR count). The normalized spacial score (nSPS) is 31.2. The predicted octanol–water partition coefficient (Wildman–Crippen LogP) is 6.01. The average molecular weight is 499 g/mol. The lowest BCUT2D eigenvalue weighted by Gasteiger charge is -2.42. The third-order valence-electron chi connectivity index (χ3n) is 8.95. The van der Waals surface area contributed by atoms with E-state index in [2.05, 4.69) is 18.3 Å². The fourth-order valence-corrected chi connectivity index (χ4v) is 7.77. The number of nitrogens with one attached hydrogen (secondary N) is 1. The lowest BCUT2D eigenvalue weighted by Crippen LogP contribution is -2.48. The van der Waals surface area contributed by atoms with Gasteiger partial charge in [0.1, 0.15) is 4.88 Å². The fraction of sp³-hybridized carbons (Fsp3) is 0.679. The molecule has 1 saturated heterocycles. The lowest BCUT2D eigenvalue weighted by molar-refractivity contribution is -0.124. The van der Waals surface area contributed by atoms with Crippen LogP contribution in [0.15, 0.2) is 12.1 Å². The number of amides is 2. The van der Waals surface area contributed by atoms with E-state index >= 15 is 0 Å². The molecule has 35 heavy (non-hydrogen) atoms. The van der Waals surface area contributed by atoms with Crippen LogP contribution in [0.25, 0.3) is 5.57 Å². The van der Waals surface area contributed by atoms with Gasteiger partial charge in [0.05, 0.1) is 5.69 Å². The minimum absolute atomic E-state index is 0.00488. The third-order valence-corrected chi connectivity index (χ3v) is 10.1. The number of thiophene rings is 1. The van der Waals surface area contributed by atoms with E-state index in [1.54, 1.807) is 0 Å². The van der Waals surface area contributed by atoms with Crippen LogP contribution in [-0.2, 0) is 9.59 Å². The third kappa shape index (κ3) is 5.07. The van der Waals surface area contributed by atoms with Gasteiger partial charge < -0.3 is 15.3 Å². The molecule has 3 fully saturated rings. The van der Waals surface area contributed by atoms with Crippen molar-refractivity contribution < 1.29 is 19.5 Å². The number of carboxylic acid groups (broad SMARTS) is 1. The van der Waals surface area contributed by atoms with E-state index in [4.69, 9.17) is 0 Å². The number of hydrogen-bond acceptors (Lipinski definition) is 4. The molecule has 0 bridgehead atoms. The molecule has 3 aliphatic carbocycles. The summed E-state index contributed by atoms with van der Waals surface area (Å²) >= 11 is 1.33. The first kappa shape index (κ1) is 24.5. The molecule has 190 valence electrons. The van der Waals surface area contributed by atoms with Gasteiger partial charge in [0.2, 0.25) is 11.8 Å². The van der Waals surface area contributed by atoms with Crippen LogP contribution in [0, 0.1) is 17.3 Å². The van der Waals surface area contributed by atoms with E-state index in [0.717, 1.165) is 82.1 Å². The van der Waals surface area contributed by atoms with Gasteiger partial charge in [-0.3, -0.25) is 9.59 Å². The second-order valence-corrected chi connectivity index (χ2v) is 12.5. The van der Waals surface area contributed by atoms with E-state index in [1.165, 1.54) is 23.3 Å². The Morgan fingerprint density at radius 3 is 2.46 bits per heavy atom. The van der Waals surface area contributed by atoms with Gasteiger partial charge in [0.15, 0.2) is 0 Å². The number of allylic oxidation sites excluding steroid dienone is 2. The lowest BCUT2D eigenvalue weighted by atomic mass is 9.71. The molecule has 2 saturated carbocycles. The predicted molar refractivity (Wildman–Crippen MR) is 139 cm³/mol. The van der Waals surface area contributed by atoms with Crippen molar-refractivity contribution in [3.8, 4) is 0 Å². The number of hydrogen-bond donors (Lipinski definition) is 2. The number of rotatable bonds is 5. The van der Waals surface area contributed by atoms with Crippen molar-refractivity contribution in [2.24, 2.45) is 17.3 Å². The zero-order valence-electron chi connectivity index (χ0n) is 20.8. The van der Waals surface area contributed by atoms with Gasteiger partial charge in [0, 0.05) is 29.8 Å². The Labute approximate surface area is 212 Å². The van der Waals surface area contributed by atoms with Crippen molar-refractivity contribution in [3.05, 3.63) is 21.9 Å². The van der Waals surface area contributed by atoms with Crippen molar-refractivity contribution in [1.29, 1.82) is 0 Å². The molecule has 7 heteroatoms. The minimum atomic E-state index is -0.944. The molecule has 1 aromatic rings. The van der Waals surface area contributed by atoms with Crippen molar-refractivity contribution in [3.63, 3.8) is 0 Å². The smallest absolute Gasteiger partial charge is 0.348 e. The largest absolute Gasteiger partial charge is 0.477 e. The highest BCUT2D eigenvalue weighted by Crippen LogP contribution is 2.46. The first-order chi connectivity index (χ1) is 16.8. The van der Waals surface area contributed by atoms with Crippen LogP contribution < -0.4 is 10.2 Å². The highest BCUT2D eigenvalue weighted by Gasteiger charge is 2.44. The van der Waals surface area contributed by atoms with Crippen LogP contribution in [0.4, 0.5) is 5.69 Å². The quantitative estimate of drug-likeness (QED) is 0.520. The summed E-state index contributed by atoms with van der Waals surface area (Å²) in [6.45, 7) is 2.98. The van der Waals surface area contributed by atoms with Gasteiger partial charge >= 0.3 is 5.97 Å². The Bertz CT molecular complexity index is 1010. The number of anilines is 1. The topological polar surface area (TPSA) is 86.7 Å². The maximum Gasteiger partial charge on any atom is 0.348 e. The zero-order valence-corrected chi connectivity index (χ0v) is 21.6. The van der Waals surface area contributed by atoms with Gasteiger partial charge in [-0.2, -0.15) is 0 Å². The molecule has 0 unspecified atom stereocenters. The minimum Gasteiger partial charge on any atom is -0.477 e. The summed E-state index contributed by atoms with van der Waals surface area (Å²) in [6.07, 6.45) is 14.4. The number of carboxylic acids is 1. The maximum atomic E-state index is 14.1. The molecule has 1 spiro atoms. The molecule has 0 radical (unpaired) electrons. The van der Waals surface area contributed by atoms with Gasteiger partial charge in [-0.1, -0.05) is 13.0 Å². The van der Waals surface area contributed by atoms with Crippen molar-refractivity contribution in [1.82, 2.24) is 5.32 Å². The Morgan fingerprint density at radius 1 is 1.11 bits per heavy atom. The number of carbonyl (C=O) groups is 3. The standard InChI is InChI=1S/C28H38N2O4S/c1-18-7-9-20(10-8-18)26(32)30(21-11-13-28(14-12-21)16-24(31)29-17-28)22-15-23(35-25(22)27(33)34)19-5-3-2-4-6-19/h5,15,18,20-21H,2-4,6-14,16-17H2,1H3,(H,29,31)(H,33,34)/t18-,20-,21-,28-. The SMILES string of the molecule is C[C@H]1CC[C@H](C(=O)N(c2cc(C3=CCCCC3)sc2C(=O)O)[C@H]2CC[C@@]3(CC2)CNC(=O)C3)CC1. The highest BCUT2D eigenvalue weighted by atomic mass is 32.1. The van der Waals surface area contributed by atoms with E-state index < -0.39 is 5.97 Å². The van der Waals surface area contributed by atoms with Gasteiger partial charge in [-0.25, -0.2) is 4.79 Å². The molecular formula is C28H38N2O4S. The summed E-state index contributed by atoms with van der Waals surface area (Å²) < 4.78 is 0. The maximum absolute atomic E-state index is 14.1. The van der Waals surface area contributed by atoms with Crippen LogP contribution in [0.3, 0.4) is 0 Å². The Balaban J connectivity index is 1.47. The summed E-state index contributed by atoms with van der Waals surface area (Å²) in [5.41, 5.74) is 1.84. The molecule has 4 aliphatic rings. The number of nitrogens with zero attached hydrogens (tertiary/aromatic N) is 1. The Hall–Kier alpha value is -2.15. The molecule has 1 aromatic heterocycles. The highest BCUT2D eigenvalue weighted by molar-refractivity contribution is 7.15. The van der Waals surface area contributed by atoms with E-state index in [9.17, 15) is 19.5 Å². The van der Waals surface area contributed by atoms with Crippen LogP contribution in [0.5, 0.6) is 0 Å². The number of aromatic carboxylic acids is 1. The molecular weight excluding hydrogens is 460 g/mol. The van der Waals surface area contributed by atoms with Crippen LogP contribution in [0.2, 0.25) is 0 Å². The average Bonchev–Trinajstić information content (AvgIpc) is 3.46. The summed E-state index contributed by atoms with van der Waals surface area (Å²) in [4.78, 5) is 41.6. The summed E-state index contributed by atoms with van der Waals surface area (Å²) in [6, 6.07) is 1.99. The van der Waals surface area contributed by atoms with Gasteiger partial charge in [-0.05, 0) is 100 Å². The number of carbonyl (C=O) groups excluding carboxylic acids is 2. The Kier molecular flexibility index (Phi) is 7.06. The van der Waals surface area contributed by atoms with E-state index in [0.29, 0.717) is 22.9 Å².